The van der Waals surface area contributed by atoms with Crippen molar-refractivity contribution in [1.29, 1.82) is 0 Å². The largest absolute Gasteiger partial charge is 0.481 e. The SMILES string of the molecule is Nc1nc(C(=NOCF)C(=O)NC2C(=O)N3CC(C=CSc4cc(=O)c5ccc(C(F)(F)F)cc5s4)(C(=O)O)CS[C@H]23)cs1. The minimum Gasteiger partial charge on any atom is -0.481 e. The first kappa shape index (κ1) is 31.7. The van der Waals surface area contributed by atoms with Gasteiger partial charge < -0.3 is 25.9 Å². The van der Waals surface area contributed by atoms with Gasteiger partial charge >= 0.3 is 12.1 Å². The molecule has 2 fully saturated rings. The quantitative estimate of drug-likeness (QED) is 0.0992. The molecular weight excluding hydrogens is 671 g/mol. The van der Waals surface area contributed by atoms with Gasteiger partial charge in [-0.05, 0) is 23.6 Å². The number of aliphatic carboxylic acids is 1. The predicted molar refractivity (Wildman–Crippen MR) is 158 cm³/mol. The number of fused-ring (bicyclic) bond motifs is 2. The van der Waals surface area contributed by atoms with Crippen LogP contribution in [0.5, 0.6) is 0 Å². The number of β-lactam (4-membered cyclic amide) rings is 1. The maximum Gasteiger partial charge on any atom is 0.416 e. The molecule has 4 heterocycles. The van der Waals surface area contributed by atoms with E-state index in [0.29, 0.717) is 4.21 Å². The maximum atomic E-state index is 13.1. The molecule has 2 amide bonds. The zero-order chi connectivity index (χ0) is 31.8. The lowest BCUT2D eigenvalue weighted by Gasteiger charge is -2.53. The van der Waals surface area contributed by atoms with Crippen molar-refractivity contribution in [3.8, 4) is 0 Å². The Morgan fingerprint density at radius 2 is 2.09 bits per heavy atom. The van der Waals surface area contributed by atoms with Crippen LogP contribution in [0.2, 0.25) is 0 Å². The van der Waals surface area contributed by atoms with E-state index in [2.05, 4.69) is 20.3 Å². The number of rotatable bonds is 9. The van der Waals surface area contributed by atoms with Gasteiger partial charge in [0, 0.05) is 33.8 Å². The highest BCUT2D eigenvalue weighted by molar-refractivity contribution is 8.04. The second kappa shape index (κ2) is 12.4. The van der Waals surface area contributed by atoms with E-state index in [1.807, 2.05) is 0 Å². The third kappa shape index (κ3) is 6.26. The summed E-state index contributed by atoms with van der Waals surface area (Å²) in [5, 5.41) is 18.5. The van der Waals surface area contributed by atoms with Crippen molar-refractivity contribution in [3.63, 3.8) is 0 Å². The van der Waals surface area contributed by atoms with Gasteiger partial charge in [-0.25, -0.2) is 9.37 Å². The molecule has 0 bridgehead atoms. The number of anilines is 1. The number of nitrogens with two attached hydrogens (primary N) is 1. The molecule has 19 heteroatoms. The molecule has 2 saturated heterocycles. The number of alkyl halides is 4. The van der Waals surface area contributed by atoms with E-state index >= 15 is 0 Å². The lowest BCUT2D eigenvalue weighted by atomic mass is 9.87. The van der Waals surface area contributed by atoms with E-state index in [-0.39, 0.29) is 33.2 Å². The smallest absolute Gasteiger partial charge is 0.416 e. The Balaban J connectivity index is 1.28. The molecule has 0 saturated carbocycles. The second-order valence-electron chi connectivity index (χ2n) is 9.39. The van der Waals surface area contributed by atoms with E-state index < -0.39 is 64.4 Å². The van der Waals surface area contributed by atoms with Crippen LogP contribution in [0, 0.1) is 5.41 Å². The van der Waals surface area contributed by atoms with Crippen molar-refractivity contribution in [1.82, 2.24) is 15.2 Å². The summed E-state index contributed by atoms with van der Waals surface area (Å²) in [7, 11) is 0. The zero-order valence-corrected chi connectivity index (χ0v) is 25.1. The number of benzene rings is 1. The van der Waals surface area contributed by atoms with Gasteiger partial charge in [0.15, 0.2) is 16.3 Å². The van der Waals surface area contributed by atoms with E-state index in [1.54, 1.807) is 0 Å². The van der Waals surface area contributed by atoms with Crippen molar-refractivity contribution in [2.24, 2.45) is 10.6 Å². The number of hydrogen-bond donors (Lipinski definition) is 3. The van der Waals surface area contributed by atoms with Crippen LogP contribution in [-0.2, 0) is 25.4 Å². The van der Waals surface area contributed by atoms with E-state index in [0.717, 1.165) is 64.4 Å². The van der Waals surface area contributed by atoms with Crippen LogP contribution in [-0.4, -0.2) is 69.1 Å². The third-order valence-corrected chi connectivity index (χ3v) is 10.9. The standard InChI is InChI=1S/C25H19F4N5O6S4/c26-10-40-33-17(13-7-42-23(30)31-13)19(36)32-18-20(37)34-8-24(22(38)39,9-43-21(18)34)3-4-41-16-6-14(35)12-2-1-11(25(27,28)29)5-15(12)44-16/h1-7,18,21H,8-10H2,(H2,30,31)(H,32,36)(H,38,39)/t18?,21-,24?/m1/s1. The maximum absolute atomic E-state index is 13.1. The second-order valence-corrected chi connectivity index (χ2v) is 13.7. The number of carbonyl (C=O) groups is 3. The van der Waals surface area contributed by atoms with Crippen molar-refractivity contribution in [3.05, 3.63) is 62.6 Å². The number of amides is 2. The Kier molecular flexibility index (Phi) is 8.92. The van der Waals surface area contributed by atoms with E-state index in [4.69, 9.17) is 5.73 Å². The number of thioether (sulfide) groups is 2. The monoisotopic (exact) mass is 689 g/mol. The van der Waals surface area contributed by atoms with Crippen LogP contribution in [0.4, 0.5) is 22.7 Å². The van der Waals surface area contributed by atoms with E-state index in [9.17, 15) is 41.8 Å². The molecular formula is C25H19F4N5O6S4. The number of halogens is 4. The molecule has 2 aliphatic heterocycles. The highest BCUT2D eigenvalue weighted by Gasteiger charge is 2.57. The first-order valence-electron chi connectivity index (χ1n) is 12.3. The Bertz CT molecular complexity index is 1760. The van der Waals surface area contributed by atoms with Crippen molar-refractivity contribution >= 4 is 84.9 Å². The summed E-state index contributed by atoms with van der Waals surface area (Å²) < 4.78 is 52.5. The summed E-state index contributed by atoms with van der Waals surface area (Å²) in [6, 6.07) is 3.09. The topological polar surface area (TPSA) is 164 Å². The third-order valence-electron chi connectivity index (χ3n) is 6.61. The summed E-state index contributed by atoms with van der Waals surface area (Å²) in [5.74, 6) is -2.64. The van der Waals surface area contributed by atoms with Gasteiger partial charge in [-0.1, -0.05) is 23.0 Å². The summed E-state index contributed by atoms with van der Waals surface area (Å²) in [5.41, 5.74) is 2.32. The van der Waals surface area contributed by atoms with E-state index in [1.165, 1.54) is 27.8 Å². The molecule has 232 valence electrons. The Hall–Kier alpha value is -3.68. The number of aromatic nitrogens is 1. The lowest BCUT2D eigenvalue weighted by molar-refractivity contribution is -0.156. The molecule has 3 aromatic rings. The molecule has 0 aliphatic carbocycles. The Morgan fingerprint density at radius 1 is 1.32 bits per heavy atom. The van der Waals surface area contributed by atoms with Crippen LogP contribution >= 0.6 is 46.2 Å². The molecule has 4 N–H and O–H groups in total. The van der Waals surface area contributed by atoms with Gasteiger partial charge in [0.05, 0.1) is 9.77 Å². The van der Waals surface area contributed by atoms with Gasteiger partial charge in [0.1, 0.15) is 22.5 Å². The number of nitrogen functional groups attached to an aromatic ring is 1. The minimum atomic E-state index is -4.58. The number of carboxylic acids is 1. The predicted octanol–water partition coefficient (Wildman–Crippen LogP) is 3.74. The van der Waals surface area contributed by atoms with Crippen LogP contribution in [0.15, 0.2) is 55.3 Å². The molecule has 0 spiro atoms. The number of thiazole rings is 1. The normalized spacial score (nSPS) is 22.1. The number of carboxylic acid groups (broad SMARTS) is 1. The number of nitrogens with one attached hydrogen (secondary N) is 1. The molecule has 1 aromatic carbocycles. The van der Waals surface area contributed by atoms with Gasteiger partial charge in [0.25, 0.3) is 12.8 Å². The average molecular weight is 690 g/mol. The molecule has 2 aromatic heterocycles. The van der Waals surface area contributed by atoms with Crippen LogP contribution in [0.25, 0.3) is 10.1 Å². The van der Waals surface area contributed by atoms with Gasteiger partial charge in [-0.15, -0.1) is 34.4 Å². The first-order valence-corrected chi connectivity index (χ1v) is 15.9. The number of oxime groups is 1. The summed E-state index contributed by atoms with van der Waals surface area (Å²) >= 11 is 4.05. The van der Waals surface area contributed by atoms with Gasteiger partial charge in [-0.3, -0.25) is 19.2 Å². The zero-order valence-electron chi connectivity index (χ0n) is 21.9. The number of nitrogens with zero attached hydrogens (tertiary/aromatic N) is 3. The molecule has 5 rings (SSSR count). The molecule has 2 unspecified atom stereocenters. The summed E-state index contributed by atoms with van der Waals surface area (Å²) in [4.78, 5) is 60.3. The minimum absolute atomic E-state index is 0.0115. The molecule has 3 atom stereocenters. The molecule has 2 aliphatic rings. The molecule has 11 nitrogen and oxygen atoms in total. The average Bonchev–Trinajstić information content (AvgIpc) is 3.40. The Labute approximate surface area is 261 Å². The van der Waals surface area contributed by atoms with Crippen molar-refractivity contribution in [2.45, 2.75) is 21.8 Å². The van der Waals surface area contributed by atoms with Crippen LogP contribution < -0.4 is 16.5 Å². The van der Waals surface area contributed by atoms with Crippen LogP contribution in [0.1, 0.15) is 11.3 Å². The van der Waals surface area contributed by atoms with Crippen molar-refractivity contribution < 1.29 is 41.9 Å². The summed E-state index contributed by atoms with van der Waals surface area (Å²) in [6.45, 7) is -1.54. The highest BCUT2D eigenvalue weighted by atomic mass is 32.2. The summed E-state index contributed by atoms with van der Waals surface area (Å²) in [6.07, 6.45) is -3.20. The number of carbonyl (C=O) groups excluding carboxylic acids is 2. The Morgan fingerprint density at radius 3 is 2.75 bits per heavy atom. The van der Waals surface area contributed by atoms with Crippen molar-refractivity contribution in [2.75, 3.05) is 24.9 Å². The molecule has 44 heavy (non-hydrogen) atoms. The fourth-order valence-electron chi connectivity index (χ4n) is 4.39. The fourth-order valence-corrected chi connectivity index (χ4v) is 8.57. The highest BCUT2D eigenvalue weighted by Crippen LogP contribution is 2.44. The lowest BCUT2D eigenvalue weighted by Crippen LogP contribution is -2.73. The van der Waals surface area contributed by atoms with Crippen LogP contribution in [0.3, 0.4) is 0 Å². The molecule has 0 radical (unpaired) electrons. The first-order chi connectivity index (χ1) is 20.8. The van der Waals surface area contributed by atoms with Gasteiger partial charge in [0.2, 0.25) is 5.91 Å². The van der Waals surface area contributed by atoms with Gasteiger partial charge in [-0.2, -0.15) is 13.2 Å². The fraction of sp³-hybridized carbons (Fsp3) is 0.280. The number of hydrogen-bond acceptors (Lipinski definition) is 12.